The first-order chi connectivity index (χ1) is 8.76. The monoisotopic (exact) mass is 248 g/mol. The van der Waals surface area contributed by atoms with Crippen molar-refractivity contribution in [3.05, 3.63) is 18.2 Å². The highest BCUT2D eigenvalue weighted by molar-refractivity contribution is 5.70. The van der Waals surface area contributed by atoms with Gasteiger partial charge in [-0.05, 0) is 31.9 Å². The summed E-state index contributed by atoms with van der Waals surface area (Å²) in [5.41, 5.74) is 8.11. The lowest BCUT2D eigenvalue weighted by Crippen LogP contribution is -2.37. The number of hydrogen-bond donors (Lipinski definition) is 1. The largest absolute Gasteiger partial charge is 0.497 e. The summed E-state index contributed by atoms with van der Waals surface area (Å²) in [6.45, 7) is 3.20. The molecule has 3 nitrogen and oxygen atoms in total. The fraction of sp³-hybridized carbons (Fsp3) is 0.600. The Morgan fingerprint density at radius 3 is 2.61 bits per heavy atom. The summed E-state index contributed by atoms with van der Waals surface area (Å²) < 4.78 is 5.31. The van der Waals surface area contributed by atoms with Gasteiger partial charge >= 0.3 is 0 Å². The van der Waals surface area contributed by atoms with Gasteiger partial charge in [0.1, 0.15) is 5.75 Å². The van der Waals surface area contributed by atoms with Crippen LogP contribution in [0.15, 0.2) is 18.2 Å². The standard InChI is InChI=1S/C15H24N2O/c1-3-17(12-7-5-4-6-8-12)15-11-13(18-2)9-10-14(15)16/h9-12H,3-8,16H2,1-2H3. The van der Waals surface area contributed by atoms with Gasteiger partial charge < -0.3 is 15.4 Å². The maximum Gasteiger partial charge on any atom is 0.121 e. The second-order valence-corrected chi connectivity index (χ2v) is 5.00. The third-order valence-corrected chi connectivity index (χ3v) is 3.90. The first kappa shape index (κ1) is 13.1. The number of nitrogen functional groups attached to an aromatic ring is 1. The number of nitrogens with two attached hydrogens (primary N) is 1. The van der Waals surface area contributed by atoms with Crippen molar-refractivity contribution < 1.29 is 4.74 Å². The van der Waals surface area contributed by atoms with Gasteiger partial charge in [0.05, 0.1) is 18.5 Å². The zero-order valence-corrected chi connectivity index (χ0v) is 11.5. The molecule has 0 aliphatic heterocycles. The summed E-state index contributed by atoms with van der Waals surface area (Å²) in [5.74, 6) is 0.883. The topological polar surface area (TPSA) is 38.5 Å². The molecular formula is C15H24N2O. The molecule has 0 aromatic heterocycles. The first-order valence-corrected chi connectivity index (χ1v) is 6.96. The van der Waals surface area contributed by atoms with E-state index < -0.39 is 0 Å². The first-order valence-electron chi connectivity index (χ1n) is 6.96. The van der Waals surface area contributed by atoms with E-state index in [2.05, 4.69) is 17.9 Å². The minimum Gasteiger partial charge on any atom is -0.497 e. The van der Waals surface area contributed by atoms with Gasteiger partial charge in [-0.1, -0.05) is 19.3 Å². The third-order valence-electron chi connectivity index (χ3n) is 3.90. The Labute approximate surface area is 110 Å². The SMILES string of the molecule is CCN(c1cc(OC)ccc1N)C1CCCCC1. The van der Waals surface area contributed by atoms with Crippen molar-refractivity contribution in [3.63, 3.8) is 0 Å². The van der Waals surface area contributed by atoms with E-state index in [1.807, 2.05) is 12.1 Å². The maximum absolute atomic E-state index is 6.13. The van der Waals surface area contributed by atoms with E-state index in [1.54, 1.807) is 7.11 Å². The fourth-order valence-electron chi connectivity index (χ4n) is 2.92. The summed E-state index contributed by atoms with van der Waals surface area (Å²) in [4.78, 5) is 2.44. The molecule has 0 saturated heterocycles. The highest BCUT2D eigenvalue weighted by Crippen LogP contribution is 2.33. The molecule has 100 valence electrons. The van der Waals surface area contributed by atoms with Gasteiger partial charge in [-0.15, -0.1) is 0 Å². The van der Waals surface area contributed by atoms with Crippen LogP contribution in [0.1, 0.15) is 39.0 Å². The van der Waals surface area contributed by atoms with Crippen LogP contribution >= 0.6 is 0 Å². The van der Waals surface area contributed by atoms with Gasteiger partial charge in [0.25, 0.3) is 0 Å². The molecular weight excluding hydrogens is 224 g/mol. The number of anilines is 2. The van der Waals surface area contributed by atoms with Crippen molar-refractivity contribution >= 4 is 11.4 Å². The number of benzene rings is 1. The summed E-state index contributed by atoms with van der Waals surface area (Å²) in [5, 5.41) is 0. The quantitative estimate of drug-likeness (QED) is 0.830. The Kier molecular flexibility index (Phi) is 4.34. The molecule has 3 heteroatoms. The number of methoxy groups -OCH3 is 1. The molecule has 0 unspecified atom stereocenters. The van der Waals surface area contributed by atoms with Gasteiger partial charge in [0, 0.05) is 18.7 Å². The number of nitrogens with zero attached hydrogens (tertiary/aromatic N) is 1. The minimum absolute atomic E-state index is 0.637. The van der Waals surface area contributed by atoms with Crippen LogP contribution < -0.4 is 15.4 Å². The lowest BCUT2D eigenvalue weighted by molar-refractivity contribution is 0.410. The molecule has 0 amide bonds. The van der Waals surface area contributed by atoms with Gasteiger partial charge in [-0.25, -0.2) is 0 Å². The molecule has 2 rings (SSSR count). The van der Waals surface area contributed by atoms with E-state index in [0.717, 1.165) is 23.7 Å². The number of hydrogen-bond acceptors (Lipinski definition) is 3. The zero-order chi connectivity index (χ0) is 13.0. The Morgan fingerprint density at radius 2 is 2.00 bits per heavy atom. The van der Waals surface area contributed by atoms with Crippen molar-refractivity contribution in [2.45, 2.75) is 45.1 Å². The smallest absolute Gasteiger partial charge is 0.121 e. The van der Waals surface area contributed by atoms with Crippen molar-refractivity contribution in [2.24, 2.45) is 0 Å². The van der Waals surface area contributed by atoms with Crippen LogP contribution in [0.3, 0.4) is 0 Å². The third kappa shape index (κ3) is 2.71. The lowest BCUT2D eigenvalue weighted by Gasteiger charge is -2.36. The molecule has 18 heavy (non-hydrogen) atoms. The van der Waals surface area contributed by atoms with Crippen LogP contribution in [0, 0.1) is 0 Å². The van der Waals surface area contributed by atoms with Crippen LogP contribution in [-0.4, -0.2) is 19.7 Å². The molecule has 1 aliphatic rings. The van der Waals surface area contributed by atoms with Gasteiger partial charge in [-0.3, -0.25) is 0 Å². The van der Waals surface area contributed by atoms with E-state index in [1.165, 1.54) is 32.1 Å². The molecule has 0 atom stereocenters. The van der Waals surface area contributed by atoms with Crippen LogP contribution in [0.25, 0.3) is 0 Å². The van der Waals surface area contributed by atoms with Crippen molar-refractivity contribution in [1.82, 2.24) is 0 Å². The molecule has 1 aromatic rings. The van der Waals surface area contributed by atoms with E-state index in [4.69, 9.17) is 10.5 Å². The van der Waals surface area contributed by atoms with Crippen LogP contribution in [-0.2, 0) is 0 Å². The minimum atomic E-state index is 0.637. The van der Waals surface area contributed by atoms with E-state index in [-0.39, 0.29) is 0 Å². The molecule has 1 aromatic carbocycles. The lowest BCUT2D eigenvalue weighted by atomic mass is 9.93. The number of ether oxygens (including phenoxy) is 1. The van der Waals surface area contributed by atoms with Gasteiger partial charge in [-0.2, -0.15) is 0 Å². The summed E-state index contributed by atoms with van der Waals surface area (Å²) in [6.07, 6.45) is 6.62. The molecule has 0 bridgehead atoms. The second-order valence-electron chi connectivity index (χ2n) is 5.00. The molecule has 0 radical (unpaired) electrons. The Balaban J connectivity index is 2.25. The predicted molar refractivity (Wildman–Crippen MR) is 77.3 cm³/mol. The number of rotatable bonds is 4. The highest BCUT2D eigenvalue weighted by atomic mass is 16.5. The Bertz CT molecular complexity index is 386. The van der Waals surface area contributed by atoms with Gasteiger partial charge in [0.2, 0.25) is 0 Å². The Morgan fingerprint density at radius 1 is 1.28 bits per heavy atom. The average molecular weight is 248 g/mol. The molecule has 1 fully saturated rings. The van der Waals surface area contributed by atoms with Gasteiger partial charge in [0.15, 0.2) is 0 Å². The molecule has 1 aliphatic carbocycles. The van der Waals surface area contributed by atoms with E-state index >= 15 is 0 Å². The normalized spacial score (nSPS) is 16.6. The fourth-order valence-corrected chi connectivity index (χ4v) is 2.92. The van der Waals surface area contributed by atoms with Crippen LogP contribution in [0.5, 0.6) is 5.75 Å². The van der Waals surface area contributed by atoms with E-state index in [9.17, 15) is 0 Å². The molecule has 2 N–H and O–H groups in total. The summed E-state index contributed by atoms with van der Waals surface area (Å²) >= 11 is 0. The van der Waals surface area contributed by atoms with Crippen molar-refractivity contribution in [3.8, 4) is 5.75 Å². The highest BCUT2D eigenvalue weighted by Gasteiger charge is 2.21. The second kappa shape index (κ2) is 5.98. The van der Waals surface area contributed by atoms with Crippen molar-refractivity contribution in [1.29, 1.82) is 0 Å². The summed E-state index contributed by atoms with van der Waals surface area (Å²) in [7, 11) is 1.70. The van der Waals surface area contributed by atoms with Crippen LogP contribution in [0.4, 0.5) is 11.4 Å². The Hall–Kier alpha value is -1.38. The average Bonchev–Trinajstić information content (AvgIpc) is 2.43. The van der Waals surface area contributed by atoms with E-state index in [0.29, 0.717) is 6.04 Å². The molecule has 1 saturated carbocycles. The van der Waals surface area contributed by atoms with Crippen molar-refractivity contribution in [2.75, 3.05) is 24.3 Å². The van der Waals surface area contributed by atoms with Crippen LogP contribution in [0.2, 0.25) is 0 Å². The maximum atomic E-state index is 6.13. The predicted octanol–water partition coefficient (Wildman–Crippen LogP) is 3.44. The summed E-state index contributed by atoms with van der Waals surface area (Å²) in [6, 6.07) is 6.57. The zero-order valence-electron chi connectivity index (χ0n) is 11.5. The molecule has 0 spiro atoms. The molecule has 0 heterocycles.